The molecule has 0 unspecified atom stereocenters. The number of nitrogens with zero attached hydrogens (tertiary/aromatic N) is 3. The van der Waals surface area contributed by atoms with Crippen LogP contribution in [0.1, 0.15) is 0 Å². The zero-order valence-corrected chi connectivity index (χ0v) is 13.0. The second kappa shape index (κ2) is 5.26. The highest BCUT2D eigenvalue weighted by molar-refractivity contribution is 6.31. The van der Waals surface area contributed by atoms with Gasteiger partial charge in [-0.1, -0.05) is 28.4 Å². The van der Waals surface area contributed by atoms with Crippen molar-refractivity contribution in [1.29, 1.82) is 0 Å². The van der Waals surface area contributed by atoms with E-state index in [4.69, 9.17) is 27.6 Å². The molecule has 3 heterocycles. The van der Waals surface area contributed by atoms with Crippen molar-refractivity contribution in [1.82, 2.24) is 20.0 Å². The maximum atomic E-state index is 11.9. The number of pyridine rings is 1. The summed E-state index contributed by atoms with van der Waals surface area (Å²) in [4.78, 5) is 14.6. The molecule has 114 valence electrons. The lowest BCUT2D eigenvalue weighted by atomic mass is 10.0. The van der Waals surface area contributed by atoms with E-state index in [0.717, 1.165) is 0 Å². The van der Waals surface area contributed by atoms with Gasteiger partial charge in [-0.15, -0.1) is 5.10 Å². The second-order valence-corrected chi connectivity index (χ2v) is 5.68. The summed E-state index contributed by atoms with van der Waals surface area (Å²) in [7, 11) is 0. The minimum absolute atomic E-state index is 0.239. The topological polar surface area (TPSA) is 76.7 Å². The molecule has 0 aliphatic rings. The lowest BCUT2D eigenvalue weighted by Crippen LogP contribution is -2.05. The SMILES string of the molecule is O=c1cc(-c2cc(Cl)ccc2-n2cc(Cl)nn2)c2occc2[nH]1. The molecule has 0 aliphatic carbocycles. The molecule has 0 bridgehead atoms. The number of H-pyrrole nitrogens is 1. The highest BCUT2D eigenvalue weighted by Gasteiger charge is 2.15. The van der Waals surface area contributed by atoms with Crippen LogP contribution in [-0.2, 0) is 0 Å². The van der Waals surface area contributed by atoms with Crippen LogP contribution in [0.2, 0.25) is 10.2 Å². The number of hydrogen-bond donors (Lipinski definition) is 1. The lowest BCUT2D eigenvalue weighted by molar-refractivity contribution is 0.616. The van der Waals surface area contributed by atoms with E-state index in [1.165, 1.54) is 17.0 Å². The zero-order valence-electron chi connectivity index (χ0n) is 11.5. The molecular formula is C15H8Cl2N4O2. The largest absolute Gasteiger partial charge is 0.462 e. The van der Waals surface area contributed by atoms with Crippen LogP contribution >= 0.6 is 23.2 Å². The van der Waals surface area contributed by atoms with Gasteiger partial charge in [0.05, 0.1) is 23.7 Å². The van der Waals surface area contributed by atoms with Crippen molar-refractivity contribution in [2.75, 3.05) is 0 Å². The molecule has 4 aromatic rings. The van der Waals surface area contributed by atoms with Gasteiger partial charge in [0.15, 0.2) is 10.7 Å². The average Bonchev–Trinajstić information content (AvgIpc) is 3.15. The van der Waals surface area contributed by atoms with Gasteiger partial charge in [-0.3, -0.25) is 4.79 Å². The predicted octanol–water partition coefficient (Wildman–Crippen LogP) is 3.68. The molecule has 0 amide bonds. The molecular weight excluding hydrogens is 339 g/mol. The molecule has 3 aromatic heterocycles. The Hall–Kier alpha value is -2.57. The minimum Gasteiger partial charge on any atom is -0.462 e. The minimum atomic E-state index is -0.239. The lowest BCUT2D eigenvalue weighted by Gasteiger charge is -2.10. The van der Waals surface area contributed by atoms with Gasteiger partial charge >= 0.3 is 0 Å². The zero-order chi connectivity index (χ0) is 16.0. The summed E-state index contributed by atoms with van der Waals surface area (Å²) in [5, 5.41) is 8.53. The number of halogens is 2. The van der Waals surface area contributed by atoms with E-state index < -0.39 is 0 Å². The Morgan fingerprint density at radius 3 is 2.78 bits per heavy atom. The summed E-state index contributed by atoms with van der Waals surface area (Å²) >= 11 is 12.0. The van der Waals surface area contributed by atoms with E-state index in [1.54, 1.807) is 30.5 Å². The van der Waals surface area contributed by atoms with E-state index in [2.05, 4.69) is 15.3 Å². The Morgan fingerprint density at radius 1 is 1.13 bits per heavy atom. The standard InChI is InChI=1S/C15H8Cl2N4O2/c16-8-1-2-12(21-7-13(17)19-20-21)9(5-8)10-6-14(22)18-11-3-4-23-15(10)11/h1-7H,(H,18,22). The first kappa shape index (κ1) is 14.0. The van der Waals surface area contributed by atoms with Crippen molar-refractivity contribution in [2.45, 2.75) is 0 Å². The van der Waals surface area contributed by atoms with Gasteiger partial charge in [0, 0.05) is 28.3 Å². The third-order valence-electron chi connectivity index (χ3n) is 3.40. The molecule has 23 heavy (non-hydrogen) atoms. The van der Waals surface area contributed by atoms with E-state index in [1.807, 2.05) is 0 Å². The Bertz CT molecular complexity index is 1080. The third-order valence-corrected chi connectivity index (χ3v) is 3.81. The molecule has 8 heteroatoms. The van der Waals surface area contributed by atoms with Gasteiger partial charge in [-0.2, -0.15) is 0 Å². The number of nitrogens with one attached hydrogen (secondary N) is 1. The van der Waals surface area contributed by atoms with Gasteiger partial charge in [-0.25, -0.2) is 4.68 Å². The maximum Gasteiger partial charge on any atom is 0.249 e. The Kier molecular flexibility index (Phi) is 3.21. The molecule has 0 spiro atoms. The normalized spacial score (nSPS) is 11.2. The van der Waals surface area contributed by atoms with E-state index in [0.29, 0.717) is 32.9 Å². The molecule has 1 N–H and O–H groups in total. The summed E-state index contributed by atoms with van der Waals surface area (Å²) in [6, 6.07) is 8.39. The molecule has 0 radical (unpaired) electrons. The van der Waals surface area contributed by atoms with Crippen LogP contribution < -0.4 is 5.56 Å². The van der Waals surface area contributed by atoms with Crippen LogP contribution in [0.3, 0.4) is 0 Å². The molecule has 0 saturated carbocycles. The predicted molar refractivity (Wildman–Crippen MR) is 87.2 cm³/mol. The monoisotopic (exact) mass is 346 g/mol. The fourth-order valence-electron chi connectivity index (χ4n) is 2.47. The van der Waals surface area contributed by atoms with Gasteiger partial charge in [-0.05, 0) is 18.2 Å². The summed E-state index contributed by atoms with van der Waals surface area (Å²) < 4.78 is 7.03. The Morgan fingerprint density at radius 2 is 2.00 bits per heavy atom. The van der Waals surface area contributed by atoms with Crippen LogP contribution in [0.4, 0.5) is 0 Å². The summed E-state index contributed by atoms with van der Waals surface area (Å²) in [5.74, 6) is 0. The van der Waals surface area contributed by atoms with Crippen molar-refractivity contribution in [2.24, 2.45) is 0 Å². The van der Waals surface area contributed by atoms with Gasteiger partial charge < -0.3 is 9.40 Å². The Labute approximate surface area is 139 Å². The summed E-state index contributed by atoms with van der Waals surface area (Å²) in [5.41, 5.74) is 2.89. The number of furan rings is 1. The number of aromatic amines is 1. The van der Waals surface area contributed by atoms with Gasteiger partial charge in [0.2, 0.25) is 5.56 Å². The van der Waals surface area contributed by atoms with Crippen LogP contribution in [0.15, 0.2) is 52.0 Å². The van der Waals surface area contributed by atoms with Crippen LogP contribution in [0.25, 0.3) is 27.9 Å². The van der Waals surface area contributed by atoms with Crippen LogP contribution in [0, 0.1) is 0 Å². The van der Waals surface area contributed by atoms with Crippen molar-refractivity contribution in [3.63, 3.8) is 0 Å². The molecule has 0 fully saturated rings. The number of rotatable bonds is 2. The fraction of sp³-hybridized carbons (Fsp3) is 0. The van der Waals surface area contributed by atoms with E-state index in [9.17, 15) is 4.79 Å². The molecule has 1 aromatic carbocycles. The number of aromatic nitrogens is 4. The van der Waals surface area contributed by atoms with Crippen molar-refractivity contribution in [3.8, 4) is 16.8 Å². The summed E-state index contributed by atoms with van der Waals surface area (Å²) in [6.07, 6.45) is 3.08. The second-order valence-electron chi connectivity index (χ2n) is 4.86. The third kappa shape index (κ3) is 2.42. The molecule has 0 saturated heterocycles. The van der Waals surface area contributed by atoms with Crippen molar-refractivity contribution < 1.29 is 4.42 Å². The summed E-state index contributed by atoms with van der Waals surface area (Å²) in [6.45, 7) is 0. The van der Waals surface area contributed by atoms with E-state index >= 15 is 0 Å². The van der Waals surface area contributed by atoms with E-state index in [-0.39, 0.29) is 10.7 Å². The van der Waals surface area contributed by atoms with Gasteiger partial charge in [0.1, 0.15) is 0 Å². The first-order valence-electron chi connectivity index (χ1n) is 6.60. The first-order valence-corrected chi connectivity index (χ1v) is 7.36. The molecule has 0 atom stereocenters. The van der Waals surface area contributed by atoms with Crippen molar-refractivity contribution >= 4 is 34.3 Å². The highest BCUT2D eigenvalue weighted by atomic mass is 35.5. The number of hydrogen-bond acceptors (Lipinski definition) is 4. The molecule has 6 nitrogen and oxygen atoms in total. The van der Waals surface area contributed by atoms with Crippen molar-refractivity contribution in [3.05, 3.63) is 63.3 Å². The number of benzene rings is 1. The smallest absolute Gasteiger partial charge is 0.249 e. The highest BCUT2D eigenvalue weighted by Crippen LogP contribution is 2.33. The van der Waals surface area contributed by atoms with Crippen LogP contribution in [-0.4, -0.2) is 20.0 Å². The number of fused-ring (bicyclic) bond motifs is 1. The fourth-order valence-corrected chi connectivity index (χ4v) is 2.77. The first-order chi connectivity index (χ1) is 11.1. The van der Waals surface area contributed by atoms with Crippen LogP contribution in [0.5, 0.6) is 0 Å². The molecule has 4 rings (SSSR count). The Balaban J connectivity index is 2.06. The average molecular weight is 347 g/mol. The maximum absolute atomic E-state index is 11.9. The molecule has 0 aliphatic heterocycles. The quantitative estimate of drug-likeness (QED) is 0.600. The van der Waals surface area contributed by atoms with Gasteiger partial charge in [0.25, 0.3) is 0 Å².